The lowest BCUT2D eigenvalue weighted by Gasteiger charge is -2.45. The van der Waals surface area contributed by atoms with Gasteiger partial charge in [-0.25, -0.2) is 4.79 Å². The Balaban J connectivity index is 2.79. The molecule has 0 aromatic rings. The maximum atomic E-state index is 12.2. The number of carbonyl (C=O) groups is 1. The van der Waals surface area contributed by atoms with Gasteiger partial charge in [0.25, 0.3) is 0 Å². The van der Waals surface area contributed by atoms with Crippen LogP contribution in [0.3, 0.4) is 0 Å². The first kappa shape index (κ1) is 15.3. The Morgan fingerprint density at radius 2 is 2.00 bits per heavy atom. The van der Waals surface area contributed by atoms with E-state index in [1.54, 1.807) is 4.90 Å². The van der Waals surface area contributed by atoms with Crippen molar-refractivity contribution in [2.75, 3.05) is 6.54 Å². The summed E-state index contributed by atoms with van der Waals surface area (Å²) in [6, 6.07) is 0. The highest BCUT2D eigenvalue weighted by molar-refractivity contribution is 5.69. The van der Waals surface area contributed by atoms with Gasteiger partial charge in [0, 0.05) is 6.54 Å². The van der Waals surface area contributed by atoms with Gasteiger partial charge in [0.05, 0.1) is 5.66 Å². The van der Waals surface area contributed by atoms with E-state index in [0.29, 0.717) is 12.5 Å². The largest absolute Gasteiger partial charge is 0.444 e. The van der Waals surface area contributed by atoms with Crippen LogP contribution in [0, 0.1) is 5.92 Å². The number of carbonyl (C=O) groups excluding carboxylic acids is 1. The lowest BCUT2D eigenvalue weighted by atomic mass is 9.88. The number of hydrogen-bond acceptors (Lipinski definition) is 3. The smallest absolute Gasteiger partial charge is 0.411 e. The minimum atomic E-state index is -0.533. The molecule has 0 aromatic heterocycles. The SMILES string of the molecule is CC(C)CC1(N)CCCCN1C(=O)OC(C)(C)C. The number of amides is 1. The van der Waals surface area contributed by atoms with Crippen LogP contribution in [0.15, 0.2) is 0 Å². The number of piperidine rings is 1. The van der Waals surface area contributed by atoms with Crippen molar-refractivity contribution in [3.05, 3.63) is 0 Å². The van der Waals surface area contributed by atoms with Gasteiger partial charge in [-0.1, -0.05) is 13.8 Å². The molecule has 2 N–H and O–H groups in total. The van der Waals surface area contributed by atoms with Crippen LogP contribution < -0.4 is 5.73 Å². The first-order valence-electron chi connectivity index (χ1n) is 6.93. The van der Waals surface area contributed by atoms with E-state index in [2.05, 4.69) is 13.8 Å². The summed E-state index contributed by atoms with van der Waals surface area (Å²) < 4.78 is 5.46. The van der Waals surface area contributed by atoms with Gasteiger partial charge in [-0.2, -0.15) is 0 Å². The molecule has 0 saturated carbocycles. The molecule has 0 spiro atoms. The monoisotopic (exact) mass is 256 g/mol. The summed E-state index contributed by atoms with van der Waals surface area (Å²) in [6.07, 6.45) is 3.51. The Bertz CT molecular complexity index is 297. The van der Waals surface area contributed by atoms with Gasteiger partial charge in [0.1, 0.15) is 5.60 Å². The number of nitrogens with zero attached hydrogens (tertiary/aromatic N) is 1. The summed E-state index contributed by atoms with van der Waals surface area (Å²) in [7, 11) is 0. The Morgan fingerprint density at radius 3 is 2.50 bits per heavy atom. The van der Waals surface area contributed by atoms with Crippen molar-refractivity contribution < 1.29 is 9.53 Å². The van der Waals surface area contributed by atoms with Gasteiger partial charge in [0.2, 0.25) is 0 Å². The van der Waals surface area contributed by atoms with Gasteiger partial charge < -0.3 is 10.5 Å². The maximum Gasteiger partial charge on any atom is 0.411 e. The standard InChI is InChI=1S/C14H28N2O2/c1-11(2)10-14(15)8-6-7-9-16(14)12(17)18-13(3,4)5/h11H,6-10,15H2,1-5H3. The third-order valence-electron chi connectivity index (χ3n) is 3.15. The maximum absolute atomic E-state index is 12.2. The van der Waals surface area contributed by atoms with E-state index in [4.69, 9.17) is 10.5 Å². The highest BCUT2D eigenvalue weighted by atomic mass is 16.6. The van der Waals surface area contributed by atoms with Crippen LogP contribution in [0.25, 0.3) is 0 Å². The molecule has 1 saturated heterocycles. The molecule has 0 bridgehead atoms. The zero-order valence-corrected chi connectivity index (χ0v) is 12.5. The van der Waals surface area contributed by atoms with Gasteiger partial charge in [-0.3, -0.25) is 4.90 Å². The minimum Gasteiger partial charge on any atom is -0.444 e. The molecule has 18 heavy (non-hydrogen) atoms. The highest BCUT2D eigenvalue weighted by Crippen LogP contribution is 2.30. The second-order valence-corrected chi connectivity index (χ2v) is 6.79. The fraction of sp³-hybridized carbons (Fsp3) is 0.929. The Morgan fingerprint density at radius 1 is 1.39 bits per heavy atom. The molecule has 1 fully saturated rings. The molecule has 1 heterocycles. The quantitative estimate of drug-likeness (QED) is 0.826. The molecule has 1 atom stereocenters. The molecule has 1 unspecified atom stereocenters. The van der Waals surface area contributed by atoms with Crippen molar-refractivity contribution in [2.45, 2.75) is 71.6 Å². The molecule has 1 aliphatic heterocycles. The number of likely N-dealkylation sites (tertiary alicyclic amines) is 1. The second kappa shape index (κ2) is 5.47. The summed E-state index contributed by atoms with van der Waals surface area (Å²) in [5, 5.41) is 0. The summed E-state index contributed by atoms with van der Waals surface area (Å²) in [5.41, 5.74) is 5.45. The summed E-state index contributed by atoms with van der Waals surface area (Å²) in [6.45, 7) is 10.6. The van der Waals surface area contributed by atoms with E-state index in [1.807, 2.05) is 20.8 Å². The number of nitrogens with two attached hydrogens (primary N) is 1. The topological polar surface area (TPSA) is 55.6 Å². The summed E-state index contributed by atoms with van der Waals surface area (Å²) in [5.74, 6) is 0.470. The fourth-order valence-corrected chi connectivity index (χ4v) is 2.57. The van der Waals surface area contributed by atoms with Crippen molar-refractivity contribution in [2.24, 2.45) is 11.7 Å². The summed E-state index contributed by atoms with van der Waals surface area (Å²) in [4.78, 5) is 14.0. The van der Waals surface area contributed by atoms with Crippen LogP contribution in [0.1, 0.15) is 60.3 Å². The molecule has 106 valence electrons. The van der Waals surface area contributed by atoms with Gasteiger partial charge in [-0.05, 0) is 52.4 Å². The molecule has 0 radical (unpaired) electrons. The molecule has 1 aliphatic rings. The van der Waals surface area contributed by atoms with Crippen LogP contribution >= 0.6 is 0 Å². The normalized spacial score (nSPS) is 25.4. The third kappa shape index (κ3) is 4.16. The minimum absolute atomic E-state index is 0.273. The summed E-state index contributed by atoms with van der Waals surface area (Å²) >= 11 is 0. The van der Waals surface area contributed by atoms with Gasteiger partial charge in [0.15, 0.2) is 0 Å². The molecule has 1 amide bonds. The van der Waals surface area contributed by atoms with Crippen LogP contribution in [0.2, 0.25) is 0 Å². The van der Waals surface area contributed by atoms with Gasteiger partial charge >= 0.3 is 6.09 Å². The molecule has 4 heteroatoms. The lowest BCUT2D eigenvalue weighted by Crippen LogP contribution is -2.61. The fourth-order valence-electron chi connectivity index (χ4n) is 2.57. The molecule has 4 nitrogen and oxygen atoms in total. The van der Waals surface area contributed by atoms with Crippen LogP contribution in [0.5, 0.6) is 0 Å². The van der Waals surface area contributed by atoms with Crippen LogP contribution in [-0.2, 0) is 4.74 Å². The van der Waals surface area contributed by atoms with E-state index >= 15 is 0 Å². The Hall–Kier alpha value is -0.770. The van der Waals surface area contributed by atoms with Crippen molar-refractivity contribution in [1.29, 1.82) is 0 Å². The van der Waals surface area contributed by atoms with Gasteiger partial charge in [-0.15, -0.1) is 0 Å². The van der Waals surface area contributed by atoms with E-state index < -0.39 is 11.3 Å². The third-order valence-corrected chi connectivity index (χ3v) is 3.15. The number of rotatable bonds is 2. The predicted molar refractivity (Wildman–Crippen MR) is 73.2 cm³/mol. The van der Waals surface area contributed by atoms with E-state index in [1.165, 1.54) is 0 Å². The van der Waals surface area contributed by atoms with Crippen LogP contribution in [-0.4, -0.2) is 28.8 Å². The van der Waals surface area contributed by atoms with Crippen LogP contribution in [0.4, 0.5) is 4.79 Å². The van der Waals surface area contributed by atoms with E-state index in [-0.39, 0.29) is 6.09 Å². The zero-order valence-electron chi connectivity index (χ0n) is 12.5. The Labute approximate surface area is 111 Å². The second-order valence-electron chi connectivity index (χ2n) is 6.79. The average molecular weight is 256 g/mol. The molecular weight excluding hydrogens is 228 g/mol. The molecule has 0 aliphatic carbocycles. The molecule has 1 rings (SSSR count). The van der Waals surface area contributed by atoms with E-state index in [0.717, 1.165) is 25.7 Å². The number of hydrogen-bond donors (Lipinski definition) is 1. The van der Waals surface area contributed by atoms with E-state index in [9.17, 15) is 4.79 Å². The van der Waals surface area contributed by atoms with Crippen molar-refractivity contribution in [3.63, 3.8) is 0 Å². The first-order chi connectivity index (χ1) is 8.14. The highest BCUT2D eigenvalue weighted by Gasteiger charge is 2.40. The lowest BCUT2D eigenvalue weighted by molar-refractivity contribution is -0.0200. The zero-order chi connectivity index (χ0) is 14.0. The van der Waals surface area contributed by atoms with Crippen molar-refractivity contribution >= 4 is 6.09 Å². The van der Waals surface area contributed by atoms with Crippen molar-refractivity contribution in [1.82, 2.24) is 4.90 Å². The molecular formula is C14H28N2O2. The first-order valence-corrected chi connectivity index (χ1v) is 6.93. The Kier molecular flexibility index (Phi) is 4.65. The van der Waals surface area contributed by atoms with Crippen molar-refractivity contribution in [3.8, 4) is 0 Å². The average Bonchev–Trinajstić information content (AvgIpc) is 2.12. The molecule has 0 aromatic carbocycles. The predicted octanol–water partition coefficient (Wildman–Crippen LogP) is 3.11. The number of ether oxygens (including phenoxy) is 1.